The van der Waals surface area contributed by atoms with Crippen LogP contribution in [0.25, 0.3) is 0 Å². The number of hydrogen-bond donors (Lipinski definition) is 3. The number of likely N-dealkylation sites (tertiary alicyclic amines) is 1. The molecule has 2 aliphatic rings. The number of nitrogens with zero attached hydrogens (tertiary/aromatic N) is 4. The third-order valence-corrected chi connectivity index (χ3v) is 7.15. The highest BCUT2D eigenvalue weighted by Gasteiger charge is 2.30. The van der Waals surface area contributed by atoms with Gasteiger partial charge in [-0.15, -0.1) is 0 Å². The molecule has 0 radical (unpaired) electrons. The van der Waals surface area contributed by atoms with Gasteiger partial charge in [0.25, 0.3) is 5.91 Å². The van der Waals surface area contributed by atoms with Gasteiger partial charge in [-0.25, -0.2) is 9.97 Å². The molecule has 9 nitrogen and oxygen atoms in total. The van der Waals surface area contributed by atoms with Gasteiger partial charge in [0.15, 0.2) is 11.5 Å². The van der Waals surface area contributed by atoms with Crippen molar-refractivity contribution in [1.29, 1.82) is 0 Å². The Morgan fingerprint density at radius 3 is 2.51 bits per heavy atom. The molecule has 2 aliphatic heterocycles. The average molecular weight is 478 g/mol. The number of primary amides is 1. The lowest BCUT2D eigenvalue weighted by atomic mass is 9.89. The quantitative estimate of drug-likeness (QED) is 0.525. The number of anilines is 3. The molecule has 0 unspecified atom stereocenters. The summed E-state index contributed by atoms with van der Waals surface area (Å²) in [5.41, 5.74) is 7.83. The summed E-state index contributed by atoms with van der Waals surface area (Å²) < 4.78 is 0. The Morgan fingerprint density at radius 1 is 1.14 bits per heavy atom. The van der Waals surface area contributed by atoms with E-state index in [1.54, 1.807) is 6.20 Å². The topological polar surface area (TPSA) is 116 Å². The maximum Gasteiger partial charge on any atom is 0.271 e. The van der Waals surface area contributed by atoms with Gasteiger partial charge in [0, 0.05) is 24.3 Å². The normalized spacial score (nSPS) is 21.4. The van der Waals surface area contributed by atoms with Crippen LogP contribution in [0.4, 0.5) is 17.3 Å². The minimum atomic E-state index is -0.641. The van der Waals surface area contributed by atoms with Crippen LogP contribution in [0.15, 0.2) is 43.1 Å². The summed E-state index contributed by atoms with van der Waals surface area (Å²) in [5, 5.41) is 6.24. The Morgan fingerprint density at radius 2 is 1.86 bits per heavy atom. The fourth-order valence-corrected chi connectivity index (χ4v) is 5.00. The van der Waals surface area contributed by atoms with Crippen LogP contribution in [0.3, 0.4) is 0 Å². The van der Waals surface area contributed by atoms with Crippen LogP contribution < -0.4 is 21.3 Å². The van der Waals surface area contributed by atoms with E-state index in [9.17, 15) is 9.59 Å². The van der Waals surface area contributed by atoms with E-state index < -0.39 is 5.91 Å². The number of hydrogen-bond acceptors (Lipinski definition) is 7. The zero-order chi connectivity index (χ0) is 24.9. The first-order valence-electron chi connectivity index (χ1n) is 12.3. The summed E-state index contributed by atoms with van der Waals surface area (Å²) in [5.74, 6) is 0.693. The van der Waals surface area contributed by atoms with Crippen molar-refractivity contribution in [3.8, 4) is 0 Å². The number of amides is 2. The molecule has 2 aromatic rings. The molecule has 9 heteroatoms. The molecule has 1 aromatic heterocycles. The second kappa shape index (κ2) is 10.9. The first-order valence-corrected chi connectivity index (χ1v) is 12.3. The molecule has 0 saturated carbocycles. The van der Waals surface area contributed by atoms with Gasteiger partial charge in [0.05, 0.1) is 6.20 Å². The van der Waals surface area contributed by atoms with E-state index in [1.165, 1.54) is 11.6 Å². The van der Waals surface area contributed by atoms with Crippen molar-refractivity contribution in [2.75, 3.05) is 36.9 Å². The molecule has 2 amide bonds. The van der Waals surface area contributed by atoms with Gasteiger partial charge in [-0.1, -0.05) is 18.7 Å². The number of nitrogens with two attached hydrogens (primary N) is 1. The molecule has 2 atom stereocenters. The first kappa shape index (κ1) is 24.7. The molecule has 4 rings (SSSR count). The molecule has 4 N–H and O–H groups in total. The number of carbonyl (C=O) groups excluding carboxylic acids is 2. The van der Waals surface area contributed by atoms with Gasteiger partial charge in [0.2, 0.25) is 5.91 Å². The Kier molecular flexibility index (Phi) is 7.65. The first-order chi connectivity index (χ1) is 16.9. The zero-order valence-corrected chi connectivity index (χ0v) is 20.5. The monoisotopic (exact) mass is 477 g/mol. The second-order valence-electron chi connectivity index (χ2n) is 9.51. The Bertz CT molecular complexity index is 1060. The molecular weight excluding hydrogens is 442 g/mol. The number of nitrogens with one attached hydrogen (secondary N) is 2. The van der Waals surface area contributed by atoms with Gasteiger partial charge in [-0.2, -0.15) is 0 Å². The Balaban J connectivity index is 1.53. The molecule has 0 spiro atoms. The highest BCUT2D eigenvalue weighted by molar-refractivity contribution is 5.96. The highest BCUT2D eigenvalue weighted by atomic mass is 16.2. The minimum Gasteiger partial charge on any atom is -0.364 e. The van der Waals surface area contributed by atoms with E-state index in [-0.39, 0.29) is 23.7 Å². The van der Waals surface area contributed by atoms with Crippen LogP contribution in [-0.4, -0.2) is 65.4 Å². The molecule has 1 aromatic carbocycles. The van der Waals surface area contributed by atoms with Crippen molar-refractivity contribution >= 4 is 29.1 Å². The van der Waals surface area contributed by atoms with Crippen molar-refractivity contribution < 1.29 is 9.59 Å². The molecule has 0 aliphatic carbocycles. The standard InChI is InChI=1S/C26H35N7O2/c1-4-23(34)30-21-6-5-13-33(17(21)2)22-16-28-24(25(27)35)26(31-22)29-20-9-7-18(8-10-20)19-11-14-32(3)15-12-19/h4,7-10,16-17,19,21H,1,5-6,11-15H2,2-3H3,(H2,27,35)(H,29,31)(H,30,34)/t17-,21-/m1/s1. The van der Waals surface area contributed by atoms with Gasteiger partial charge >= 0.3 is 0 Å². The third-order valence-electron chi connectivity index (χ3n) is 7.15. The van der Waals surface area contributed by atoms with Crippen LogP contribution in [0.1, 0.15) is 54.6 Å². The number of piperidine rings is 2. The lowest BCUT2D eigenvalue weighted by Gasteiger charge is -2.40. The van der Waals surface area contributed by atoms with Gasteiger partial charge in [-0.3, -0.25) is 9.59 Å². The fourth-order valence-electron chi connectivity index (χ4n) is 5.00. The molecular formula is C26H35N7O2. The molecule has 0 bridgehead atoms. The number of rotatable bonds is 7. The summed E-state index contributed by atoms with van der Waals surface area (Å²) in [4.78, 5) is 37.4. The van der Waals surface area contributed by atoms with Gasteiger partial charge in [0.1, 0.15) is 5.82 Å². The van der Waals surface area contributed by atoms with E-state index in [2.05, 4.69) is 51.2 Å². The predicted molar refractivity (Wildman–Crippen MR) is 138 cm³/mol. The van der Waals surface area contributed by atoms with Crippen LogP contribution in [0, 0.1) is 0 Å². The minimum absolute atomic E-state index is 0.00282. The predicted octanol–water partition coefficient (Wildman–Crippen LogP) is 2.79. The summed E-state index contributed by atoms with van der Waals surface area (Å²) in [6.07, 6.45) is 6.94. The summed E-state index contributed by atoms with van der Waals surface area (Å²) in [6, 6.07) is 8.27. The Hall–Kier alpha value is -3.46. The Labute approximate surface area is 206 Å². The molecule has 2 fully saturated rings. The lowest BCUT2D eigenvalue weighted by molar-refractivity contribution is -0.117. The molecule has 2 saturated heterocycles. The maximum atomic E-state index is 12.1. The average Bonchev–Trinajstić information content (AvgIpc) is 2.86. The van der Waals surface area contributed by atoms with E-state index in [0.29, 0.717) is 17.6 Å². The smallest absolute Gasteiger partial charge is 0.271 e. The third kappa shape index (κ3) is 5.79. The number of carbonyl (C=O) groups is 2. The van der Waals surface area contributed by atoms with E-state index in [4.69, 9.17) is 10.7 Å². The van der Waals surface area contributed by atoms with Crippen LogP contribution in [0.5, 0.6) is 0 Å². The second-order valence-corrected chi connectivity index (χ2v) is 9.51. The van der Waals surface area contributed by atoms with Gasteiger partial charge < -0.3 is 26.2 Å². The molecule has 186 valence electrons. The maximum absolute atomic E-state index is 12.1. The van der Waals surface area contributed by atoms with Crippen LogP contribution >= 0.6 is 0 Å². The number of aromatic nitrogens is 2. The van der Waals surface area contributed by atoms with Crippen molar-refractivity contribution in [3.63, 3.8) is 0 Å². The van der Waals surface area contributed by atoms with Crippen molar-refractivity contribution in [2.24, 2.45) is 5.73 Å². The molecule has 3 heterocycles. The van der Waals surface area contributed by atoms with Crippen molar-refractivity contribution in [2.45, 2.75) is 50.6 Å². The lowest BCUT2D eigenvalue weighted by Crippen LogP contribution is -2.54. The van der Waals surface area contributed by atoms with E-state index in [0.717, 1.165) is 51.0 Å². The van der Waals surface area contributed by atoms with E-state index >= 15 is 0 Å². The van der Waals surface area contributed by atoms with Crippen LogP contribution in [-0.2, 0) is 4.79 Å². The van der Waals surface area contributed by atoms with Gasteiger partial charge in [-0.05, 0) is 82.4 Å². The SMILES string of the molecule is C=CC(=O)N[C@@H]1CCCN(c2cnc(C(N)=O)c(Nc3ccc(C4CCN(C)CC4)cc3)n2)[C@@H]1C. The van der Waals surface area contributed by atoms with Crippen molar-refractivity contribution in [3.05, 3.63) is 54.4 Å². The zero-order valence-electron chi connectivity index (χ0n) is 20.5. The van der Waals surface area contributed by atoms with E-state index in [1.807, 2.05) is 19.1 Å². The summed E-state index contributed by atoms with van der Waals surface area (Å²) in [6.45, 7) is 8.59. The highest BCUT2D eigenvalue weighted by Crippen LogP contribution is 2.30. The number of benzene rings is 1. The fraction of sp³-hybridized carbons (Fsp3) is 0.462. The van der Waals surface area contributed by atoms with Crippen LogP contribution in [0.2, 0.25) is 0 Å². The summed E-state index contributed by atoms with van der Waals surface area (Å²) >= 11 is 0. The largest absolute Gasteiger partial charge is 0.364 e. The molecule has 35 heavy (non-hydrogen) atoms. The van der Waals surface area contributed by atoms with Crippen molar-refractivity contribution in [1.82, 2.24) is 20.2 Å². The summed E-state index contributed by atoms with van der Waals surface area (Å²) in [7, 11) is 2.16.